The number of nitrogens with zero attached hydrogens (tertiary/aromatic N) is 3. The molecule has 4 heteroatoms. The molecule has 0 amide bonds. The maximum atomic E-state index is 2.80. The molecule has 0 radical (unpaired) electrons. The lowest BCUT2D eigenvalue weighted by molar-refractivity contribution is 0.590. The molecular weight excluding hydrogens is 1400 g/mol. The maximum Gasteiger partial charge on any atom is 0.252 e. The average molecular weight is 1500 g/mol. The predicted octanol–water partition coefficient (Wildman–Crippen LogP) is 29.4. The van der Waals surface area contributed by atoms with Gasteiger partial charge in [0.1, 0.15) is 0 Å². The van der Waals surface area contributed by atoms with Crippen molar-refractivity contribution in [3.05, 3.63) is 349 Å². The van der Waals surface area contributed by atoms with E-state index in [0.29, 0.717) is 0 Å². The van der Waals surface area contributed by atoms with Crippen LogP contribution in [0, 0.1) is 0 Å². The first-order valence-electron chi connectivity index (χ1n) is 41.6. The van der Waals surface area contributed by atoms with E-state index in [1.165, 1.54) is 121 Å². The fourth-order valence-electron chi connectivity index (χ4n) is 19.2. The van der Waals surface area contributed by atoms with Gasteiger partial charge in [-0.25, -0.2) is 0 Å². The zero-order valence-corrected chi connectivity index (χ0v) is 69.5. The summed E-state index contributed by atoms with van der Waals surface area (Å²) in [5.41, 5.74) is 35.7. The summed E-state index contributed by atoms with van der Waals surface area (Å²) in [6.45, 7) is 35.2. The van der Waals surface area contributed by atoms with Crippen molar-refractivity contribution in [1.29, 1.82) is 0 Å². The van der Waals surface area contributed by atoms with Crippen LogP contribution in [-0.2, 0) is 27.1 Å². The minimum absolute atomic E-state index is 0.144. The van der Waals surface area contributed by atoms with E-state index in [-0.39, 0.29) is 33.8 Å². The van der Waals surface area contributed by atoms with Crippen molar-refractivity contribution in [3.63, 3.8) is 0 Å². The summed E-state index contributed by atoms with van der Waals surface area (Å²) in [4.78, 5) is 5.57. The van der Waals surface area contributed by atoms with Crippen LogP contribution in [0.25, 0.3) is 138 Å². The van der Waals surface area contributed by atoms with Gasteiger partial charge in [-0.1, -0.05) is 359 Å². The number of anilines is 6. The molecule has 1 aromatic heterocycles. The summed E-state index contributed by atoms with van der Waals surface area (Å²) in [5.74, 6) is 0. The summed E-state index contributed by atoms with van der Waals surface area (Å²) in [7, 11) is 0. The summed E-state index contributed by atoms with van der Waals surface area (Å²) in [6.07, 6.45) is 0. The minimum Gasteiger partial charge on any atom is -0.310 e. The SMILES string of the molecule is CC(C)(C)c1cccc(-c2cc(-c3ccccc3)cc(-c3cccc(C(C)(C)C)c3)c2N2c3cc(-c4ccccc4)ccc3B3c4ccc(-n5c6ccc7cccc8c9cccc%10ccc5c(c%109)c6c78)cc4N(c4c(-c5cccc(C(C)(C)C)c5)cc(-c5ccccc5)cc4-c4cccc(C(C)(C)C)c4)c4cc(C(C)(C)C)cc2c43)c1. The number of benzene rings is 17. The fourth-order valence-corrected chi connectivity index (χ4v) is 19.2. The van der Waals surface area contributed by atoms with Crippen LogP contribution < -0.4 is 26.2 Å². The molecule has 0 fully saturated rings. The highest BCUT2D eigenvalue weighted by Gasteiger charge is 2.47. The highest BCUT2D eigenvalue weighted by molar-refractivity contribution is 7.00. The smallest absolute Gasteiger partial charge is 0.252 e. The number of hydrogen-bond donors (Lipinski definition) is 0. The Bertz CT molecular complexity index is 6700. The third-order valence-electron chi connectivity index (χ3n) is 25.4. The minimum atomic E-state index is -0.374. The van der Waals surface area contributed by atoms with E-state index in [4.69, 9.17) is 0 Å². The molecule has 2 aliphatic heterocycles. The lowest BCUT2D eigenvalue weighted by atomic mass is 9.33. The Balaban J connectivity index is 0.986. The van der Waals surface area contributed by atoms with Gasteiger partial charge < -0.3 is 14.4 Å². The first-order valence-corrected chi connectivity index (χ1v) is 41.6. The van der Waals surface area contributed by atoms with Gasteiger partial charge in [0.05, 0.1) is 22.4 Å². The van der Waals surface area contributed by atoms with E-state index in [9.17, 15) is 0 Å². The number of aromatic nitrogens is 1. The zero-order chi connectivity index (χ0) is 79.8. The van der Waals surface area contributed by atoms with Gasteiger partial charge in [0.2, 0.25) is 0 Å². The molecule has 0 N–H and O–H groups in total. The van der Waals surface area contributed by atoms with Crippen LogP contribution in [0.15, 0.2) is 322 Å². The molecule has 0 aliphatic carbocycles. The molecule has 20 rings (SSSR count). The molecule has 0 bridgehead atoms. The van der Waals surface area contributed by atoms with E-state index in [2.05, 4.69) is 440 Å². The van der Waals surface area contributed by atoms with Gasteiger partial charge in [-0.3, -0.25) is 0 Å². The molecule has 0 saturated carbocycles. The Morgan fingerprint density at radius 1 is 0.224 bits per heavy atom. The van der Waals surface area contributed by atoms with Gasteiger partial charge in [-0.05, 0) is 226 Å². The highest BCUT2D eigenvalue weighted by atomic mass is 15.2. The molecule has 18 aromatic rings. The van der Waals surface area contributed by atoms with Crippen molar-refractivity contribution in [2.24, 2.45) is 0 Å². The number of rotatable bonds is 10. The standard InChI is InChI=1S/C112H98BN3/c1-108(2,3)81-43-25-39-75(57-81)89-61-79(70-33-21-17-22-34-70)62-90(76-40-26-44-82(58-76)109(4,5)6)106(89)115-97-65-74(69-31-19-16-20-32-69)49-53-93(97)113-94-54-52-86(114-95-55-50-72-37-29-47-87-88-48-30-38-73-51-56-96(114)104(102(73)88)103(95)101(72)87)68-98(94)116(100-67-85(112(13,14)15)66-99(115)105(100)113)107-91(77-41-27-45-83(59-77)110(7,8)9)63-80(71-35-23-18-24-36-71)64-92(107)78-42-28-46-84(60-78)111(10,11)12/h16-68H,1-15H3. The Hall–Kier alpha value is -12.5. The second kappa shape index (κ2) is 26.5. The fraction of sp³-hybridized carbons (Fsp3) is 0.179. The van der Waals surface area contributed by atoms with Crippen molar-refractivity contribution in [2.75, 3.05) is 9.80 Å². The predicted molar refractivity (Wildman–Crippen MR) is 501 cm³/mol. The summed E-state index contributed by atoms with van der Waals surface area (Å²) < 4.78 is 2.61. The van der Waals surface area contributed by atoms with Crippen LogP contribution in [0.3, 0.4) is 0 Å². The molecule has 3 heterocycles. The molecule has 0 atom stereocenters. The Kier molecular flexibility index (Phi) is 16.6. The van der Waals surface area contributed by atoms with E-state index < -0.39 is 0 Å². The van der Waals surface area contributed by atoms with Crippen LogP contribution >= 0.6 is 0 Å². The van der Waals surface area contributed by atoms with Crippen LogP contribution in [0.2, 0.25) is 0 Å². The van der Waals surface area contributed by atoms with E-state index in [1.807, 2.05) is 0 Å². The molecule has 17 aromatic carbocycles. The van der Waals surface area contributed by atoms with Crippen molar-refractivity contribution in [2.45, 2.75) is 131 Å². The molecule has 0 spiro atoms. The summed E-state index contributed by atoms with van der Waals surface area (Å²) in [5, 5.41) is 10.4. The van der Waals surface area contributed by atoms with Gasteiger partial charge >= 0.3 is 0 Å². The lowest BCUT2D eigenvalue weighted by Crippen LogP contribution is -2.61. The van der Waals surface area contributed by atoms with Crippen LogP contribution in [-0.4, -0.2) is 11.3 Å². The van der Waals surface area contributed by atoms with E-state index >= 15 is 0 Å². The molecule has 3 nitrogen and oxygen atoms in total. The van der Waals surface area contributed by atoms with Crippen LogP contribution in [0.4, 0.5) is 34.1 Å². The summed E-state index contributed by atoms with van der Waals surface area (Å²) >= 11 is 0. The van der Waals surface area contributed by atoms with Gasteiger partial charge in [-0.2, -0.15) is 0 Å². The number of fused-ring (bicyclic) bond motifs is 5. The van der Waals surface area contributed by atoms with Crippen molar-refractivity contribution in [3.8, 4) is 83.6 Å². The summed E-state index contributed by atoms with van der Waals surface area (Å²) in [6, 6.07) is 125. The topological polar surface area (TPSA) is 11.4 Å². The lowest BCUT2D eigenvalue weighted by Gasteiger charge is -2.46. The van der Waals surface area contributed by atoms with Crippen molar-refractivity contribution in [1.82, 2.24) is 4.57 Å². The molecule has 0 saturated heterocycles. The van der Waals surface area contributed by atoms with E-state index in [1.54, 1.807) is 0 Å². The monoisotopic (exact) mass is 1500 g/mol. The first kappa shape index (κ1) is 72.5. The highest BCUT2D eigenvalue weighted by Crippen LogP contribution is 2.57. The van der Waals surface area contributed by atoms with Crippen molar-refractivity contribution >= 4 is 111 Å². The van der Waals surface area contributed by atoms with Gasteiger partial charge in [0, 0.05) is 61.5 Å². The normalized spacial score (nSPS) is 13.2. The quantitative estimate of drug-likeness (QED) is 0.0768. The Morgan fingerprint density at radius 3 is 0.931 bits per heavy atom. The van der Waals surface area contributed by atoms with Gasteiger partial charge in [0.15, 0.2) is 0 Å². The Labute approximate surface area is 685 Å². The third kappa shape index (κ3) is 11.9. The van der Waals surface area contributed by atoms with Crippen LogP contribution in [0.5, 0.6) is 0 Å². The molecule has 0 unspecified atom stereocenters. The second-order valence-electron chi connectivity index (χ2n) is 38.1. The molecule has 2 aliphatic rings. The van der Waals surface area contributed by atoms with E-state index in [0.717, 1.165) is 95.4 Å². The van der Waals surface area contributed by atoms with Crippen LogP contribution in [0.1, 0.15) is 132 Å². The molecule has 564 valence electrons. The largest absolute Gasteiger partial charge is 0.310 e. The Morgan fingerprint density at radius 2 is 0.560 bits per heavy atom. The average Bonchev–Trinajstić information content (AvgIpc) is 1.47. The zero-order valence-electron chi connectivity index (χ0n) is 69.5. The molecule has 116 heavy (non-hydrogen) atoms. The van der Waals surface area contributed by atoms with Crippen molar-refractivity contribution < 1.29 is 0 Å². The third-order valence-corrected chi connectivity index (χ3v) is 25.4. The van der Waals surface area contributed by atoms with Gasteiger partial charge in [0.25, 0.3) is 6.71 Å². The molecular formula is C112H98BN3. The second-order valence-corrected chi connectivity index (χ2v) is 38.1. The maximum absolute atomic E-state index is 2.80. The van der Waals surface area contributed by atoms with Gasteiger partial charge in [-0.15, -0.1) is 0 Å². The number of hydrogen-bond acceptors (Lipinski definition) is 2. The first-order chi connectivity index (χ1) is 55.7.